The number of piperidine rings is 1. The lowest BCUT2D eigenvalue weighted by Gasteiger charge is -2.33. The molecule has 1 aromatic carbocycles. The Morgan fingerprint density at radius 2 is 1.90 bits per heavy atom. The summed E-state index contributed by atoms with van der Waals surface area (Å²) in [6, 6.07) is 5.75. The third-order valence-corrected chi connectivity index (χ3v) is 5.62. The minimum absolute atomic E-state index is 0.217. The van der Waals surface area contributed by atoms with Gasteiger partial charge in [-0.05, 0) is 51.2 Å². The highest BCUT2D eigenvalue weighted by atomic mass is 35.5. The molecule has 0 unspecified atom stereocenters. The molecule has 0 atom stereocenters. The Kier molecular flexibility index (Phi) is 5.05. The molecule has 30 heavy (non-hydrogen) atoms. The molecule has 1 fully saturated rings. The van der Waals surface area contributed by atoms with Crippen molar-refractivity contribution in [1.82, 2.24) is 19.4 Å². The monoisotopic (exact) mass is 430 g/mol. The van der Waals surface area contributed by atoms with E-state index in [9.17, 15) is 14.7 Å². The van der Waals surface area contributed by atoms with Crippen LogP contribution in [-0.2, 0) is 4.74 Å². The SMILES string of the molecule is CC(C)(C)OC(=O)N1CCC(c2ccc3c4c(Cl)ncnc4n(C(=O)O)c3c2)CC1. The van der Waals surface area contributed by atoms with Crippen molar-refractivity contribution in [3.63, 3.8) is 0 Å². The Hall–Kier alpha value is -2.87. The van der Waals surface area contributed by atoms with Crippen molar-refractivity contribution in [2.75, 3.05) is 13.1 Å². The predicted molar refractivity (Wildman–Crippen MR) is 113 cm³/mol. The van der Waals surface area contributed by atoms with E-state index in [1.165, 1.54) is 6.33 Å². The maximum absolute atomic E-state index is 12.3. The number of hydrogen-bond acceptors (Lipinski definition) is 5. The molecule has 0 saturated carbocycles. The van der Waals surface area contributed by atoms with Gasteiger partial charge in [-0.15, -0.1) is 0 Å². The fraction of sp³-hybridized carbons (Fsp3) is 0.429. The Balaban J connectivity index is 1.63. The smallest absolute Gasteiger partial charge is 0.417 e. The molecule has 9 heteroatoms. The summed E-state index contributed by atoms with van der Waals surface area (Å²) in [5.74, 6) is 0.217. The van der Waals surface area contributed by atoms with Crippen molar-refractivity contribution in [1.29, 1.82) is 0 Å². The first kappa shape index (κ1) is 20.4. The first-order chi connectivity index (χ1) is 14.2. The van der Waals surface area contributed by atoms with E-state index in [0.717, 1.165) is 23.0 Å². The quantitative estimate of drug-likeness (QED) is 0.552. The van der Waals surface area contributed by atoms with Gasteiger partial charge in [-0.25, -0.2) is 24.1 Å². The number of nitrogens with zero attached hydrogens (tertiary/aromatic N) is 4. The van der Waals surface area contributed by atoms with Crippen molar-refractivity contribution >= 4 is 45.7 Å². The largest absolute Gasteiger partial charge is 0.464 e. The Labute approximate surface area is 178 Å². The first-order valence-corrected chi connectivity index (χ1v) is 10.2. The number of hydrogen-bond donors (Lipinski definition) is 1. The van der Waals surface area contributed by atoms with Gasteiger partial charge >= 0.3 is 12.2 Å². The minimum Gasteiger partial charge on any atom is -0.464 e. The van der Waals surface area contributed by atoms with E-state index in [2.05, 4.69) is 9.97 Å². The standard InChI is InChI=1S/C21H23ClN4O4/c1-21(2,3)30-20(29)25-8-6-12(7-9-25)13-4-5-14-15(10-13)26(19(27)28)18-16(14)17(22)23-11-24-18/h4-5,10-12H,6-9H2,1-3H3,(H,27,28). The molecule has 1 aliphatic rings. The van der Waals surface area contributed by atoms with Crippen LogP contribution in [0.1, 0.15) is 45.1 Å². The number of ether oxygens (including phenoxy) is 1. The molecule has 0 bridgehead atoms. The molecule has 0 aliphatic carbocycles. The van der Waals surface area contributed by atoms with Gasteiger partial charge in [0, 0.05) is 18.5 Å². The molecular weight excluding hydrogens is 408 g/mol. The Morgan fingerprint density at radius 1 is 1.20 bits per heavy atom. The van der Waals surface area contributed by atoms with E-state index in [1.807, 2.05) is 39.0 Å². The highest BCUT2D eigenvalue weighted by Crippen LogP contribution is 2.36. The normalized spacial score (nSPS) is 15.7. The number of carboxylic acid groups (broad SMARTS) is 1. The number of aromatic nitrogens is 3. The van der Waals surface area contributed by atoms with Crippen molar-refractivity contribution in [3.8, 4) is 0 Å². The van der Waals surface area contributed by atoms with E-state index in [1.54, 1.807) is 4.90 Å². The van der Waals surface area contributed by atoms with Gasteiger partial charge < -0.3 is 14.7 Å². The van der Waals surface area contributed by atoms with Crippen LogP contribution >= 0.6 is 11.6 Å². The van der Waals surface area contributed by atoms with Gasteiger partial charge in [0.2, 0.25) is 0 Å². The van der Waals surface area contributed by atoms with E-state index in [4.69, 9.17) is 16.3 Å². The number of amides is 1. The first-order valence-electron chi connectivity index (χ1n) is 9.81. The number of likely N-dealkylation sites (tertiary alicyclic amines) is 1. The van der Waals surface area contributed by atoms with E-state index >= 15 is 0 Å². The summed E-state index contributed by atoms with van der Waals surface area (Å²) in [5.41, 5.74) is 1.31. The van der Waals surface area contributed by atoms with Gasteiger partial charge in [-0.3, -0.25) is 0 Å². The molecule has 3 heterocycles. The van der Waals surface area contributed by atoms with Crippen molar-refractivity contribution in [3.05, 3.63) is 35.2 Å². The van der Waals surface area contributed by atoms with Gasteiger partial charge in [-0.1, -0.05) is 23.7 Å². The van der Waals surface area contributed by atoms with Crippen molar-refractivity contribution in [2.24, 2.45) is 0 Å². The predicted octanol–water partition coefficient (Wildman–Crippen LogP) is 4.88. The zero-order chi connectivity index (χ0) is 21.6. The van der Waals surface area contributed by atoms with E-state index in [0.29, 0.717) is 29.4 Å². The second-order valence-electron chi connectivity index (χ2n) is 8.50. The molecule has 0 radical (unpaired) electrons. The molecular formula is C21H23ClN4O4. The number of halogens is 1. The van der Waals surface area contributed by atoms with Gasteiger partial charge in [0.1, 0.15) is 17.1 Å². The minimum atomic E-state index is -1.12. The molecule has 2 aromatic heterocycles. The third-order valence-electron chi connectivity index (χ3n) is 5.33. The lowest BCUT2D eigenvalue weighted by Crippen LogP contribution is -2.41. The maximum Gasteiger partial charge on any atom is 0.417 e. The molecule has 1 N–H and O–H groups in total. The van der Waals surface area contributed by atoms with Crippen LogP contribution in [0, 0.1) is 0 Å². The Bertz CT molecular complexity index is 1140. The van der Waals surface area contributed by atoms with Crippen LogP contribution in [0.2, 0.25) is 5.15 Å². The number of fused-ring (bicyclic) bond motifs is 3. The van der Waals surface area contributed by atoms with Crippen LogP contribution in [0.4, 0.5) is 9.59 Å². The molecule has 4 rings (SSSR count). The lowest BCUT2D eigenvalue weighted by atomic mass is 9.89. The van der Waals surface area contributed by atoms with E-state index in [-0.39, 0.29) is 22.8 Å². The van der Waals surface area contributed by atoms with Gasteiger partial charge in [-0.2, -0.15) is 0 Å². The summed E-state index contributed by atoms with van der Waals surface area (Å²) in [6.07, 6.45) is 1.39. The van der Waals surface area contributed by atoms with Crippen molar-refractivity contribution < 1.29 is 19.4 Å². The zero-order valence-electron chi connectivity index (χ0n) is 17.1. The molecule has 3 aromatic rings. The Morgan fingerprint density at radius 3 is 2.53 bits per heavy atom. The van der Waals surface area contributed by atoms with Crippen LogP contribution < -0.4 is 0 Å². The van der Waals surface area contributed by atoms with Crippen LogP contribution in [-0.4, -0.2) is 55.4 Å². The van der Waals surface area contributed by atoms with Crippen LogP contribution in [0.25, 0.3) is 21.9 Å². The molecule has 1 saturated heterocycles. The van der Waals surface area contributed by atoms with Crippen LogP contribution in [0.5, 0.6) is 0 Å². The lowest BCUT2D eigenvalue weighted by molar-refractivity contribution is 0.0205. The highest BCUT2D eigenvalue weighted by Gasteiger charge is 2.28. The summed E-state index contributed by atoms with van der Waals surface area (Å²) >= 11 is 6.23. The van der Waals surface area contributed by atoms with Crippen LogP contribution in [0.3, 0.4) is 0 Å². The molecule has 8 nitrogen and oxygen atoms in total. The van der Waals surface area contributed by atoms with Gasteiger partial charge in [0.15, 0.2) is 5.65 Å². The third kappa shape index (κ3) is 3.67. The van der Waals surface area contributed by atoms with Crippen molar-refractivity contribution in [2.45, 2.75) is 45.1 Å². The fourth-order valence-corrected chi connectivity index (χ4v) is 4.22. The topological polar surface area (TPSA) is 97.5 Å². The maximum atomic E-state index is 12.3. The van der Waals surface area contributed by atoms with Gasteiger partial charge in [0.05, 0.1) is 10.9 Å². The summed E-state index contributed by atoms with van der Waals surface area (Å²) in [5, 5.41) is 11.2. The van der Waals surface area contributed by atoms with Gasteiger partial charge in [0.25, 0.3) is 0 Å². The number of carbonyl (C=O) groups is 2. The number of benzene rings is 1. The molecule has 1 aliphatic heterocycles. The summed E-state index contributed by atoms with van der Waals surface area (Å²) in [4.78, 5) is 34.1. The zero-order valence-corrected chi connectivity index (χ0v) is 17.8. The highest BCUT2D eigenvalue weighted by molar-refractivity contribution is 6.36. The summed E-state index contributed by atoms with van der Waals surface area (Å²) in [7, 11) is 0. The fourth-order valence-electron chi connectivity index (χ4n) is 3.99. The molecule has 1 amide bonds. The van der Waals surface area contributed by atoms with Crippen LogP contribution in [0.15, 0.2) is 24.5 Å². The summed E-state index contributed by atoms with van der Waals surface area (Å²) < 4.78 is 6.61. The number of carbonyl (C=O) groups excluding carboxylic acids is 1. The average molecular weight is 431 g/mol. The summed E-state index contributed by atoms with van der Waals surface area (Å²) in [6.45, 7) is 6.74. The second kappa shape index (κ2) is 7.43. The molecule has 158 valence electrons. The molecule has 0 spiro atoms. The van der Waals surface area contributed by atoms with E-state index < -0.39 is 11.7 Å². The number of rotatable bonds is 1. The second-order valence-corrected chi connectivity index (χ2v) is 8.86. The average Bonchev–Trinajstić information content (AvgIpc) is 3.01.